The van der Waals surface area contributed by atoms with Crippen LogP contribution in [0.5, 0.6) is 0 Å². The average Bonchev–Trinajstić information content (AvgIpc) is 2.64. The van der Waals surface area contributed by atoms with E-state index in [0.29, 0.717) is 19.4 Å². The van der Waals surface area contributed by atoms with Crippen LogP contribution in [0.2, 0.25) is 0 Å². The van der Waals surface area contributed by atoms with Crippen molar-refractivity contribution in [2.24, 2.45) is 17.6 Å². The first-order valence-electron chi connectivity index (χ1n) is 6.81. The molecule has 0 unspecified atom stereocenters. The minimum absolute atomic E-state index is 0.0222. The number of allylic oxidation sites excluding steroid dienone is 2. The lowest BCUT2D eigenvalue weighted by molar-refractivity contribution is -0.141. The Morgan fingerprint density at radius 2 is 1.61 bits per heavy atom. The van der Waals surface area contributed by atoms with E-state index < -0.39 is 5.54 Å². The molecule has 4 heteroatoms. The van der Waals surface area contributed by atoms with Crippen LogP contribution in [0.3, 0.4) is 0 Å². The number of fused-ring (bicyclic) bond motifs is 1. The minimum Gasteiger partial charge on any atom is -0.324 e. The summed E-state index contributed by atoms with van der Waals surface area (Å²) in [6.07, 6.45) is 6.95. The first-order chi connectivity index (χ1) is 8.52. The van der Waals surface area contributed by atoms with Crippen LogP contribution in [0.1, 0.15) is 39.5 Å². The zero-order valence-electron chi connectivity index (χ0n) is 11.2. The Bertz CT molecular complexity index is 359. The van der Waals surface area contributed by atoms with Crippen molar-refractivity contribution in [1.29, 1.82) is 0 Å². The van der Waals surface area contributed by atoms with Gasteiger partial charge in [-0.1, -0.05) is 26.0 Å². The van der Waals surface area contributed by atoms with Crippen LogP contribution < -0.4 is 5.73 Å². The van der Waals surface area contributed by atoms with Crippen molar-refractivity contribution in [2.75, 3.05) is 6.54 Å². The molecule has 18 heavy (non-hydrogen) atoms. The van der Waals surface area contributed by atoms with E-state index in [9.17, 15) is 9.59 Å². The van der Waals surface area contributed by atoms with Gasteiger partial charge in [-0.3, -0.25) is 14.5 Å². The van der Waals surface area contributed by atoms with Gasteiger partial charge in [-0.15, -0.1) is 0 Å². The first-order valence-corrected chi connectivity index (χ1v) is 6.81. The van der Waals surface area contributed by atoms with Crippen LogP contribution in [0.25, 0.3) is 0 Å². The molecule has 0 aromatic heterocycles. The highest BCUT2D eigenvalue weighted by Crippen LogP contribution is 2.35. The molecular formula is C14H22N2O2. The zero-order chi connectivity index (χ0) is 13.3. The summed E-state index contributed by atoms with van der Waals surface area (Å²) in [4.78, 5) is 26.0. The SMILES string of the molecule is CCC(N)(CC)CN1C(=O)[C@H]2CC=CC[C@H]2C1=O. The summed E-state index contributed by atoms with van der Waals surface area (Å²) in [5.74, 6) is -0.321. The highest BCUT2D eigenvalue weighted by Gasteiger charge is 2.48. The highest BCUT2D eigenvalue weighted by molar-refractivity contribution is 6.05. The molecule has 100 valence electrons. The van der Waals surface area contributed by atoms with Gasteiger partial charge in [-0.2, -0.15) is 0 Å². The summed E-state index contributed by atoms with van der Waals surface area (Å²) in [5.41, 5.74) is 5.79. The molecule has 0 aromatic carbocycles. The van der Waals surface area contributed by atoms with E-state index in [0.717, 1.165) is 12.8 Å². The van der Waals surface area contributed by atoms with Gasteiger partial charge in [0.25, 0.3) is 0 Å². The number of likely N-dealkylation sites (tertiary alicyclic amines) is 1. The van der Waals surface area contributed by atoms with Gasteiger partial charge in [-0.05, 0) is 25.7 Å². The molecule has 0 saturated carbocycles. The molecule has 2 N–H and O–H groups in total. The molecule has 2 rings (SSSR count). The highest BCUT2D eigenvalue weighted by atomic mass is 16.2. The number of amides is 2. The van der Waals surface area contributed by atoms with Crippen molar-refractivity contribution in [3.8, 4) is 0 Å². The molecule has 1 fully saturated rings. The van der Waals surface area contributed by atoms with Crippen LogP contribution in [0, 0.1) is 11.8 Å². The second-order valence-corrected chi connectivity index (χ2v) is 5.49. The molecular weight excluding hydrogens is 228 g/mol. The van der Waals surface area contributed by atoms with E-state index >= 15 is 0 Å². The standard InChI is InChI=1S/C14H22N2O2/c1-3-14(15,4-2)9-16-12(17)10-7-5-6-8-11(10)13(16)18/h5-6,10-11H,3-4,7-9,15H2,1-2H3/t10-,11+. The first kappa shape index (κ1) is 13.3. The lowest BCUT2D eigenvalue weighted by atomic mass is 9.85. The number of nitrogens with zero attached hydrogens (tertiary/aromatic N) is 1. The van der Waals surface area contributed by atoms with E-state index in [1.807, 2.05) is 26.0 Å². The number of carbonyl (C=O) groups is 2. The molecule has 2 amide bonds. The molecule has 1 saturated heterocycles. The molecule has 0 spiro atoms. The molecule has 0 aromatic rings. The van der Waals surface area contributed by atoms with Crippen LogP contribution >= 0.6 is 0 Å². The molecule has 0 radical (unpaired) electrons. The summed E-state index contributed by atoms with van der Waals surface area (Å²) >= 11 is 0. The molecule has 2 aliphatic rings. The third kappa shape index (κ3) is 2.09. The molecule has 1 heterocycles. The maximum atomic E-state index is 12.3. The lowest BCUT2D eigenvalue weighted by Gasteiger charge is -2.31. The van der Waals surface area contributed by atoms with Crippen LogP contribution in [0.4, 0.5) is 0 Å². The minimum atomic E-state index is -0.438. The second-order valence-electron chi connectivity index (χ2n) is 5.49. The largest absolute Gasteiger partial charge is 0.324 e. The van der Waals surface area contributed by atoms with Gasteiger partial charge >= 0.3 is 0 Å². The Kier molecular flexibility index (Phi) is 3.57. The maximum Gasteiger partial charge on any atom is 0.233 e. The van der Waals surface area contributed by atoms with Crippen molar-refractivity contribution in [3.63, 3.8) is 0 Å². The Morgan fingerprint density at radius 3 is 2.00 bits per heavy atom. The van der Waals surface area contributed by atoms with Gasteiger partial charge in [0.2, 0.25) is 11.8 Å². The predicted molar refractivity (Wildman–Crippen MR) is 69.6 cm³/mol. The fraction of sp³-hybridized carbons (Fsp3) is 0.714. The quantitative estimate of drug-likeness (QED) is 0.607. The molecule has 1 aliphatic carbocycles. The second kappa shape index (κ2) is 4.84. The Labute approximate surface area is 108 Å². The van der Waals surface area contributed by atoms with E-state index in [1.165, 1.54) is 4.90 Å². The number of nitrogens with two attached hydrogens (primary N) is 1. The number of hydrogen-bond donors (Lipinski definition) is 1. The van der Waals surface area contributed by atoms with Gasteiger partial charge in [0.05, 0.1) is 11.8 Å². The predicted octanol–water partition coefficient (Wildman–Crippen LogP) is 1.46. The van der Waals surface area contributed by atoms with Gasteiger partial charge in [-0.25, -0.2) is 0 Å². The number of hydrogen-bond acceptors (Lipinski definition) is 3. The van der Waals surface area contributed by atoms with E-state index in [-0.39, 0.29) is 23.7 Å². The average molecular weight is 250 g/mol. The molecule has 2 atom stereocenters. The van der Waals surface area contributed by atoms with Crippen LogP contribution in [-0.4, -0.2) is 28.8 Å². The topological polar surface area (TPSA) is 63.4 Å². The Balaban J connectivity index is 2.16. The van der Waals surface area contributed by atoms with E-state index in [2.05, 4.69) is 0 Å². The van der Waals surface area contributed by atoms with Gasteiger partial charge in [0.15, 0.2) is 0 Å². The molecule has 0 bridgehead atoms. The monoisotopic (exact) mass is 250 g/mol. The summed E-state index contributed by atoms with van der Waals surface area (Å²) in [5, 5.41) is 0. The van der Waals surface area contributed by atoms with Crippen molar-refractivity contribution in [2.45, 2.75) is 45.1 Å². The van der Waals surface area contributed by atoms with Crippen molar-refractivity contribution in [1.82, 2.24) is 4.90 Å². The molecule has 4 nitrogen and oxygen atoms in total. The molecule has 1 aliphatic heterocycles. The normalized spacial score (nSPS) is 27.8. The van der Waals surface area contributed by atoms with Gasteiger partial charge in [0, 0.05) is 12.1 Å². The van der Waals surface area contributed by atoms with E-state index in [1.54, 1.807) is 0 Å². The number of rotatable bonds is 4. The fourth-order valence-electron chi connectivity index (χ4n) is 2.81. The van der Waals surface area contributed by atoms with Crippen molar-refractivity contribution in [3.05, 3.63) is 12.2 Å². The number of carbonyl (C=O) groups excluding carboxylic acids is 2. The Hall–Kier alpha value is -1.16. The van der Waals surface area contributed by atoms with Crippen LogP contribution in [-0.2, 0) is 9.59 Å². The van der Waals surface area contributed by atoms with Gasteiger partial charge in [0.1, 0.15) is 0 Å². The smallest absolute Gasteiger partial charge is 0.233 e. The summed E-state index contributed by atoms with van der Waals surface area (Å²) < 4.78 is 0. The fourth-order valence-corrected chi connectivity index (χ4v) is 2.81. The summed E-state index contributed by atoms with van der Waals surface area (Å²) in [6, 6.07) is 0. The van der Waals surface area contributed by atoms with Crippen molar-refractivity contribution >= 4 is 11.8 Å². The lowest BCUT2D eigenvalue weighted by Crippen LogP contribution is -2.51. The Morgan fingerprint density at radius 1 is 1.17 bits per heavy atom. The summed E-state index contributed by atoms with van der Waals surface area (Å²) in [7, 11) is 0. The third-order valence-electron chi connectivity index (χ3n) is 4.48. The van der Waals surface area contributed by atoms with Crippen LogP contribution in [0.15, 0.2) is 12.2 Å². The zero-order valence-corrected chi connectivity index (χ0v) is 11.2. The number of imide groups is 1. The van der Waals surface area contributed by atoms with Crippen molar-refractivity contribution < 1.29 is 9.59 Å². The maximum absolute atomic E-state index is 12.3. The van der Waals surface area contributed by atoms with Gasteiger partial charge < -0.3 is 5.73 Å². The third-order valence-corrected chi connectivity index (χ3v) is 4.48. The summed E-state index contributed by atoms with van der Waals surface area (Å²) in [6.45, 7) is 4.37. The van der Waals surface area contributed by atoms with E-state index in [4.69, 9.17) is 5.73 Å².